The number of aliphatic hydroxyl groups is 1. The Kier molecular flexibility index (Phi) is 8.24. The summed E-state index contributed by atoms with van der Waals surface area (Å²) in [5.41, 5.74) is 2.08. The maximum atomic E-state index is 12.2. The summed E-state index contributed by atoms with van der Waals surface area (Å²) in [4.78, 5) is 23.8. The number of aliphatic hydroxyl groups excluding tert-OH is 1. The average Bonchev–Trinajstić information content (AvgIpc) is 2.75. The smallest absolute Gasteiger partial charge is 0.408 e. The Labute approximate surface area is 164 Å². The standard InChI is InChI=1S/C22H25NO5/c1-16(14-24)8-13-20(18-9-11-19(12-10-18)21(25)27-2)23-22(26)28-15-17-6-4-3-5-7-17/h3-13,16,20,24H,14-15H2,1-2H3,(H,23,26)/b13-8+/t16-,20?/m1/s1. The minimum absolute atomic E-state index is 0.00293. The molecule has 6 nitrogen and oxygen atoms in total. The van der Waals surface area contributed by atoms with Crippen molar-refractivity contribution in [2.75, 3.05) is 13.7 Å². The average molecular weight is 383 g/mol. The SMILES string of the molecule is COC(=O)c1ccc(C(/C=C/[C@@H](C)CO)NC(=O)OCc2ccccc2)cc1. The molecule has 2 aromatic rings. The minimum atomic E-state index is -0.563. The van der Waals surface area contributed by atoms with Gasteiger partial charge in [0.25, 0.3) is 0 Å². The van der Waals surface area contributed by atoms with Crippen LogP contribution in [0, 0.1) is 5.92 Å². The Morgan fingerprint density at radius 3 is 2.36 bits per heavy atom. The summed E-state index contributed by atoms with van der Waals surface area (Å²) in [6.07, 6.45) is 3.04. The van der Waals surface area contributed by atoms with Crippen LogP contribution >= 0.6 is 0 Å². The van der Waals surface area contributed by atoms with Crippen LogP contribution in [-0.2, 0) is 16.1 Å². The van der Waals surface area contributed by atoms with E-state index in [2.05, 4.69) is 5.32 Å². The lowest BCUT2D eigenvalue weighted by molar-refractivity contribution is 0.0600. The number of hydrogen-bond donors (Lipinski definition) is 2. The van der Waals surface area contributed by atoms with E-state index in [1.807, 2.05) is 43.3 Å². The Morgan fingerprint density at radius 1 is 1.07 bits per heavy atom. The number of nitrogens with one attached hydrogen (secondary N) is 1. The van der Waals surface area contributed by atoms with Gasteiger partial charge in [-0.05, 0) is 29.2 Å². The molecular weight excluding hydrogens is 358 g/mol. The molecule has 0 aromatic heterocycles. The number of carbonyl (C=O) groups is 2. The van der Waals surface area contributed by atoms with Crippen LogP contribution in [0.2, 0.25) is 0 Å². The predicted molar refractivity (Wildman–Crippen MR) is 106 cm³/mol. The maximum absolute atomic E-state index is 12.2. The summed E-state index contributed by atoms with van der Waals surface area (Å²) in [6, 6.07) is 15.7. The first-order valence-electron chi connectivity index (χ1n) is 8.98. The predicted octanol–water partition coefficient (Wildman–Crippen LogP) is 3.63. The van der Waals surface area contributed by atoms with Crippen molar-refractivity contribution in [2.45, 2.75) is 19.6 Å². The van der Waals surface area contributed by atoms with E-state index >= 15 is 0 Å². The Morgan fingerprint density at radius 2 is 1.75 bits per heavy atom. The van der Waals surface area contributed by atoms with Gasteiger partial charge in [0.15, 0.2) is 0 Å². The fourth-order valence-corrected chi connectivity index (χ4v) is 2.44. The third-order valence-corrected chi connectivity index (χ3v) is 4.10. The Hall–Kier alpha value is -3.12. The Balaban J connectivity index is 2.09. The summed E-state index contributed by atoms with van der Waals surface area (Å²) in [7, 11) is 1.32. The normalized spacial score (nSPS) is 13.0. The molecule has 2 rings (SSSR count). The molecule has 2 N–H and O–H groups in total. The fourth-order valence-electron chi connectivity index (χ4n) is 2.44. The molecule has 0 spiro atoms. The van der Waals surface area contributed by atoms with E-state index in [0.29, 0.717) is 5.56 Å². The molecule has 0 saturated heterocycles. The number of amides is 1. The second-order valence-corrected chi connectivity index (χ2v) is 6.34. The van der Waals surface area contributed by atoms with Gasteiger partial charge in [-0.25, -0.2) is 9.59 Å². The molecule has 0 aliphatic carbocycles. The van der Waals surface area contributed by atoms with Crippen molar-refractivity contribution < 1.29 is 24.2 Å². The van der Waals surface area contributed by atoms with E-state index in [-0.39, 0.29) is 19.1 Å². The van der Waals surface area contributed by atoms with Crippen molar-refractivity contribution >= 4 is 12.1 Å². The van der Waals surface area contributed by atoms with Gasteiger partial charge in [-0.15, -0.1) is 0 Å². The third kappa shape index (κ3) is 6.55. The summed E-state index contributed by atoms with van der Waals surface area (Å²) in [5.74, 6) is -0.484. The van der Waals surface area contributed by atoms with Gasteiger partial charge in [0.05, 0.1) is 18.7 Å². The fraction of sp³-hybridized carbons (Fsp3) is 0.273. The van der Waals surface area contributed by atoms with E-state index in [4.69, 9.17) is 9.47 Å². The van der Waals surface area contributed by atoms with Crippen molar-refractivity contribution in [3.05, 3.63) is 83.4 Å². The van der Waals surface area contributed by atoms with Gasteiger partial charge in [0, 0.05) is 6.61 Å². The van der Waals surface area contributed by atoms with Gasteiger partial charge < -0.3 is 19.9 Å². The largest absolute Gasteiger partial charge is 0.465 e. The zero-order valence-electron chi connectivity index (χ0n) is 16.0. The second kappa shape index (κ2) is 10.9. The molecule has 0 radical (unpaired) electrons. The number of rotatable bonds is 8. The van der Waals surface area contributed by atoms with Gasteiger partial charge in [-0.3, -0.25) is 0 Å². The first kappa shape index (κ1) is 21.2. The van der Waals surface area contributed by atoms with Crippen LogP contribution in [0.1, 0.15) is 34.5 Å². The molecule has 1 unspecified atom stereocenters. The molecule has 0 heterocycles. The summed E-state index contributed by atoms with van der Waals surface area (Å²) in [6.45, 7) is 2.03. The number of alkyl carbamates (subject to hydrolysis) is 1. The maximum Gasteiger partial charge on any atom is 0.408 e. The quantitative estimate of drug-likeness (QED) is 0.537. The minimum Gasteiger partial charge on any atom is -0.465 e. The molecule has 0 bridgehead atoms. The molecule has 0 aliphatic rings. The van der Waals surface area contributed by atoms with Crippen LogP contribution in [-0.4, -0.2) is 30.9 Å². The molecule has 6 heteroatoms. The van der Waals surface area contributed by atoms with Crippen LogP contribution < -0.4 is 5.32 Å². The van der Waals surface area contributed by atoms with E-state index in [1.54, 1.807) is 30.3 Å². The molecular formula is C22H25NO5. The summed E-state index contributed by atoms with van der Waals surface area (Å²) < 4.78 is 9.98. The van der Waals surface area contributed by atoms with Gasteiger partial charge in [0.2, 0.25) is 0 Å². The highest BCUT2D eigenvalue weighted by molar-refractivity contribution is 5.89. The second-order valence-electron chi connectivity index (χ2n) is 6.34. The number of methoxy groups -OCH3 is 1. The molecule has 2 aromatic carbocycles. The van der Waals surface area contributed by atoms with Crippen molar-refractivity contribution in [1.82, 2.24) is 5.32 Å². The lowest BCUT2D eigenvalue weighted by Gasteiger charge is -2.17. The number of ether oxygens (including phenoxy) is 2. The van der Waals surface area contributed by atoms with Crippen LogP contribution in [0.25, 0.3) is 0 Å². The van der Waals surface area contributed by atoms with Crippen molar-refractivity contribution in [2.24, 2.45) is 5.92 Å². The topological polar surface area (TPSA) is 84.9 Å². The highest BCUT2D eigenvalue weighted by atomic mass is 16.5. The monoisotopic (exact) mass is 383 g/mol. The number of hydrogen-bond acceptors (Lipinski definition) is 5. The highest BCUT2D eigenvalue weighted by Gasteiger charge is 2.14. The van der Waals surface area contributed by atoms with E-state index in [0.717, 1.165) is 11.1 Å². The Bertz CT molecular complexity index is 786. The van der Waals surface area contributed by atoms with E-state index in [9.17, 15) is 14.7 Å². The van der Waals surface area contributed by atoms with Crippen molar-refractivity contribution in [3.63, 3.8) is 0 Å². The van der Waals surface area contributed by atoms with Crippen molar-refractivity contribution in [1.29, 1.82) is 0 Å². The lowest BCUT2D eigenvalue weighted by atomic mass is 10.0. The summed E-state index contributed by atoms with van der Waals surface area (Å²) >= 11 is 0. The van der Waals surface area contributed by atoms with E-state index in [1.165, 1.54) is 7.11 Å². The van der Waals surface area contributed by atoms with Gasteiger partial charge >= 0.3 is 12.1 Å². The number of carbonyl (C=O) groups excluding carboxylic acids is 2. The first-order valence-corrected chi connectivity index (χ1v) is 8.98. The lowest BCUT2D eigenvalue weighted by Crippen LogP contribution is -2.28. The number of benzene rings is 2. The van der Waals surface area contributed by atoms with Gasteiger partial charge in [0.1, 0.15) is 6.61 Å². The van der Waals surface area contributed by atoms with Gasteiger partial charge in [-0.1, -0.05) is 61.5 Å². The van der Waals surface area contributed by atoms with Crippen LogP contribution in [0.5, 0.6) is 0 Å². The molecule has 2 atom stereocenters. The van der Waals surface area contributed by atoms with Crippen molar-refractivity contribution in [3.8, 4) is 0 Å². The van der Waals surface area contributed by atoms with Crippen LogP contribution in [0.4, 0.5) is 4.79 Å². The molecule has 0 aliphatic heterocycles. The molecule has 0 saturated carbocycles. The van der Waals surface area contributed by atoms with Crippen LogP contribution in [0.15, 0.2) is 66.7 Å². The number of esters is 1. The molecule has 0 fully saturated rings. The molecule has 28 heavy (non-hydrogen) atoms. The molecule has 148 valence electrons. The zero-order valence-corrected chi connectivity index (χ0v) is 16.0. The molecule has 1 amide bonds. The third-order valence-electron chi connectivity index (χ3n) is 4.10. The van der Waals surface area contributed by atoms with Gasteiger partial charge in [-0.2, -0.15) is 0 Å². The first-order chi connectivity index (χ1) is 13.5. The summed E-state index contributed by atoms with van der Waals surface area (Å²) in [5, 5.41) is 12.0. The van der Waals surface area contributed by atoms with Crippen LogP contribution in [0.3, 0.4) is 0 Å². The van der Waals surface area contributed by atoms with E-state index < -0.39 is 18.1 Å². The zero-order chi connectivity index (χ0) is 20.4. The highest BCUT2D eigenvalue weighted by Crippen LogP contribution is 2.17.